The topological polar surface area (TPSA) is 76.5 Å². The van der Waals surface area contributed by atoms with Gasteiger partial charge in [0.05, 0.1) is 17.4 Å². The number of hydrogen-bond acceptors (Lipinski definition) is 4. The second-order valence-corrected chi connectivity index (χ2v) is 8.48. The molecule has 0 aliphatic carbocycles. The van der Waals surface area contributed by atoms with Crippen molar-refractivity contribution in [2.45, 2.75) is 38.4 Å². The molecule has 0 radical (unpaired) electrons. The maximum absolute atomic E-state index is 15.2. The van der Waals surface area contributed by atoms with Crippen LogP contribution in [0.25, 0.3) is 32.9 Å². The zero-order chi connectivity index (χ0) is 21.7. The molecule has 31 heavy (non-hydrogen) atoms. The number of fused-ring (bicyclic) bond motifs is 2. The Kier molecular flexibility index (Phi) is 4.62. The number of benzene rings is 2. The fourth-order valence-electron chi connectivity index (χ4n) is 4.72. The van der Waals surface area contributed by atoms with Gasteiger partial charge in [-0.05, 0) is 60.7 Å². The van der Waals surface area contributed by atoms with Crippen molar-refractivity contribution in [2.24, 2.45) is 7.05 Å². The average Bonchev–Trinajstić information content (AvgIpc) is 3.14. The zero-order valence-corrected chi connectivity index (χ0v) is 17.5. The minimum atomic E-state index is -0.561. The molecule has 0 amide bonds. The maximum atomic E-state index is 15.2. The van der Waals surface area contributed by atoms with Crippen molar-refractivity contribution in [3.05, 3.63) is 58.5 Å². The van der Waals surface area contributed by atoms with Crippen LogP contribution in [0.15, 0.2) is 41.6 Å². The van der Waals surface area contributed by atoms with Crippen LogP contribution in [0.4, 0.5) is 4.39 Å². The van der Waals surface area contributed by atoms with Gasteiger partial charge >= 0.3 is 0 Å². The van der Waals surface area contributed by atoms with E-state index in [1.54, 1.807) is 15.3 Å². The van der Waals surface area contributed by atoms with Gasteiger partial charge in [-0.25, -0.2) is 14.6 Å². The predicted octanol–water partition coefficient (Wildman–Crippen LogP) is 4.29. The molecule has 4 aromatic rings. The van der Waals surface area contributed by atoms with Crippen LogP contribution in [0, 0.1) is 24.0 Å². The summed E-state index contributed by atoms with van der Waals surface area (Å²) in [5, 5.41) is 14.6. The molecule has 2 aromatic heterocycles. The molecule has 2 aromatic carbocycles. The van der Waals surface area contributed by atoms with Gasteiger partial charge in [0.25, 0.3) is 12.3 Å². The number of rotatable bonds is 2. The van der Waals surface area contributed by atoms with E-state index in [0.29, 0.717) is 11.1 Å². The minimum absolute atomic E-state index is 0.0211. The molecule has 0 atom stereocenters. The highest BCUT2D eigenvalue weighted by atomic mass is 19.1. The highest BCUT2D eigenvalue weighted by Gasteiger charge is 2.26. The van der Waals surface area contributed by atoms with Crippen molar-refractivity contribution in [3.63, 3.8) is 0 Å². The van der Waals surface area contributed by atoms with E-state index in [2.05, 4.69) is 16.1 Å². The maximum Gasteiger partial charge on any atom is 0.268 e. The van der Waals surface area contributed by atoms with Gasteiger partial charge in [0, 0.05) is 30.6 Å². The van der Waals surface area contributed by atoms with Crippen LogP contribution in [0.3, 0.4) is 0 Å². The summed E-state index contributed by atoms with van der Waals surface area (Å²) in [5.74, 6) is 1.74. The Labute approximate surface area is 179 Å². The van der Waals surface area contributed by atoms with Crippen molar-refractivity contribution < 1.29 is 4.39 Å². The Bertz CT molecular complexity index is 1430. The first kappa shape index (κ1) is 19.5. The monoisotopic (exact) mass is 413 g/mol. The van der Waals surface area contributed by atoms with E-state index >= 15 is 4.39 Å². The van der Waals surface area contributed by atoms with Crippen molar-refractivity contribution in [1.82, 2.24) is 19.3 Å². The standard InChI is InChI=1S/C23H21BFN5O/c1-14-7-15(8-17-11-29(2)28-22(14)17)16-9-19(25)21-20(10-16)27-13-30(23(21)31)18-3-5-24(12-26)6-4-18/h7-11,13,18H,3-6H2,1-2H3. The smallest absolute Gasteiger partial charge is 0.268 e. The summed E-state index contributed by atoms with van der Waals surface area (Å²) in [7, 11) is 1.87. The number of hydrogen-bond donors (Lipinski definition) is 0. The first-order chi connectivity index (χ1) is 14.9. The Morgan fingerprint density at radius 3 is 2.68 bits per heavy atom. The van der Waals surface area contributed by atoms with Crippen LogP contribution in [0.1, 0.15) is 24.4 Å². The Balaban J connectivity index is 1.58. The minimum Gasteiger partial charge on any atom is -0.296 e. The van der Waals surface area contributed by atoms with Gasteiger partial charge in [-0.1, -0.05) is 12.6 Å². The van der Waals surface area contributed by atoms with Gasteiger partial charge < -0.3 is 0 Å². The quantitative estimate of drug-likeness (QED) is 0.460. The van der Waals surface area contributed by atoms with Gasteiger partial charge in [-0.3, -0.25) is 14.0 Å². The van der Waals surface area contributed by atoms with E-state index in [1.165, 1.54) is 12.4 Å². The molecule has 0 spiro atoms. The van der Waals surface area contributed by atoms with E-state index in [1.807, 2.05) is 32.3 Å². The van der Waals surface area contributed by atoms with Crippen LogP contribution in [-0.2, 0) is 7.05 Å². The fraction of sp³-hybridized carbons (Fsp3) is 0.304. The Morgan fingerprint density at radius 2 is 1.94 bits per heavy atom. The molecule has 3 heterocycles. The second-order valence-electron chi connectivity index (χ2n) is 8.48. The number of aromatic nitrogens is 4. The fourth-order valence-corrected chi connectivity index (χ4v) is 4.72. The van der Waals surface area contributed by atoms with Crippen LogP contribution in [0.2, 0.25) is 12.6 Å². The molecule has 1 aliphatic heterocycles. The van der Waals surface area contributed by atoms with E-state index < -0.39 is 5.82 Å². The molecule has 0 saturated carbocycles. The lowest BCUT2D eigenvalue weighted by atomic mass is 9.42. The third-order valence-corrected chi connectivity index (χ3v) is 6.36. The highest BCUT2D eigenvalue weighted by molar-refractivity contribution is 6.67. The van der Waals surface area contributed by atoms with Crippen LogP contribution >= 0.6 is 0 Å². The molecule has 1 saturated heterocycles. The molecule has 8 heteroatoms. The van der Waals surface area contributed by atoms with Gasteiger partial charge in [0.1, 0.15) is 11.2 Å². The molecular formula is C23H21BFN5O. The molecule has 6 nitrogen and oxygen atoms in total. The number of halogens is 1. The van der Waals surface area contributed by atoms with Crippen molar-refractivity contribution in [2.75, 3.05) is 0 Å². The number of nitrogens with zero attached hydrogens (tertiary/aromatic N) is 5. The number of nitriles is 1. The summed E-state index contributed by atoms with van der Waals surface area (Å²) < 4.78 is 18.5. The predicted molar refractivity (Wildman–Crippen MR) is 120 cm³/mol. The summed E-state index contributed by atoms with van der Waals surface area (Å²) >= 11 is 0. The zero-order valence-electron chi connectivity index (χ0n) is 17.5. The molecule has 0 N–H and O–H groups in total. The summed E-state index contributed by atoms with van der Waals surface area (Å²) in [5.41, 5.74) is 3.46. The van der Waals surface area contributed by atoms with Crippen molar-refractivity contribution in [3.8, 4) is 17.1 Å². The SMILES string of the molecule is Cc1cc(-c2cc(F)c3c(=O)n(C4CCB(C#N)CC4)cnc3c2)cc2cn(C)nc12. The van der Waals surface area contributed by atoms with Crippen LogP contribution < -0.4 is 5.56 Å². The van der Waals surface area contributed by atoms with E-state index in [-0.39, 0.29) is 23.7 Å². The summed E-state index contributed by atoms with van der Waals surface area (Å²) in [6.07, 6.45) is 6.43. The largest absolute Gasteiger partial charge is 0.296 e. The Morgan fingerprint density at radius 1 is 1.19 bits per heavy atom. The van der Waals surface area contributed by atoms with E-state index in [9.17, 15) is 4.79 Å². The highest BCUT2D eigenvalue weighted by Crippen LogP contribution is 2.31. The van der Waals surface area contributed by atoms with Crippen LogP contribution in [-0.4, -0.2) is 26.0 Å². The Hall–Kier alpha value is -3.47. The second kappa shape index (κ2) is 7.34. The van der Waals surface area contributed by atoms with E-state index in [0.717, 1.165) is 47.5 Å². The third-order valence-electron chi connectivity index (χ3n) is 6.36. The third kappa shape index (κ3) is 3.30. The summed E-state index contributed by atoms with van der Waals surface area (Å²) in [4.78, 5) is 17.5. The van der Waals surface area contributed by atoms with Gasteiger partial charge in [-0.2, -0.15) is 5.10 Å². The van der Waals surface area contributed by atoms with Gasteiger partial charge in [0.15, 0.2) is 0 Å². The van der Waals surface area contributed by atoms with Crippen molar-refractivity contribution >= 4 is 28.5 Å². The van der Waals surface area contributed by atoms with Crippen LogP contribution in [0.5, 0.6) is 0 Å². The lowest BCUT2D eigenvalue weighted by Crippen LogP contribution is -2.30. The number of aryl methyl sites for hydroxylation is 2. The molecular weight excluding hydrogens is 392 g/mol. The molecule has 0 unspecified atom stereocenters. The summed E-state index contributed by atoms with van der Waals surface area (Å²) in [6, 6.07) is 7.10. The molecule has 1 aliphatic rings. The van der Waals surface area contributed by atoms with Crippen molar-refractivity contribution in [1.29, 1.82) is 5.26 Å². The molecule has 5 rings (SSSR count). The summed E-state index contributed by atoms with van der Waals surface area (Å²) in [6.45, 7) is 2.02. The lowest BCUT2D eigenvalue weighted by Gasteiger charge is -2.25. The molecule has 154 valence electrons. The molecule has 1 fully saturated rings. The molecule has 0 bridgehead atoms. The lowest BCUT2D eigenvalue weighted by molar-refractivity contribution is 0.439. The van der Waals surface area contributed by atoms with E-state index in [4.69, 9.17) is 5.26 Å². The first-order valence-corrected chi connectivity index (χ1v) is 10.5. The van der Waals surface area contributed by atoms with Gasteiger partial charge in [0.2, 0.25) is 0 Å². The van der Waals surface area contributed by atoms with Gasteiger partial charge in [-0.15, -0.1) is 0 Å². The normalized spacial score (nSPS) is 15.0. The first-order valence-electron chi connectivity index (χ1n) is 10.5. The average molecular weight is 413 g/mol.